The molecule has 0 aliphatic carbocycles. The van der Waals surface area contributed by atoms with Crippen LogP contribution in [-0.2, 0) is 22.5 Å². The molecule has 0 spiro atoms. The smallest absolute Gasteiger partial charge is 0.327 e. The van der Waals surface area contributed by atoms with E-state index in [1.807, 2.05) is 24.6 Å². The molecule has 1 aromatic rings. The number of nitrogens with zero attached hydrogens (tertiary/aromatic N) is 2. The van der Waals surface area contributed by atoms with E-state index in [1.54, 1.807) is 6.92 Å². The highest BCUT2D eigenvalue weighted by molar-refractivity contribution is 5.79. The quantitative estimate of drug-likeness (QED) is 0.764. The summed E-state index contributed by atoms with van der Waals surface area (Å²) in [4.78, 5) is 15.8. The number of hydrogen-bond donors (Lipinski definition) is 1. The van der Waals surface area contributed by atoms with Crippen molar-refractivity contribution in [2.24, 2.45) is 5.73 Å². The third kappa shape index (κ3) is 2.61. The van der Waals surface area contributed by atoms with Crippen LogP contribution in [0.15, 0.2) is 6.20 Å². The Bertz CT molecular complexity index is 383. The second-order valence-corrected chi connectivity index (χ2v) is 4.19. The van der Waals surface area contributed by atoms with Crippen molar-refractivity contribution in [3.8, 4) is 0 Å². The van der Waals surface area contributed by atoms with Gasteiger partial charge in [0.2, 0.25) is 0 Å². The van der Waals surface area contributed by atoms with Crippen molar-refractivity contribution in [2.45, 2.75) is 39.3 Å². The predicted molar refractivity (Wildman–Crippen MR) is 61.0 cm³/mol. The Labute approximate surface area is 95.6 Å². The summed E-state index contributed by atoms with van der Waals surface area (Å²) in [5, 5.41) is 0. The van der Waals surface area contributed by atoms with Gasteiger partial charge in [0.15, 0.2) is 0 Å². The Morgan fingerprint density at radius 1 is 1.69 bits per heavy atom. The zero-order valence-corrected chi connectivity index (χ0v) is 10.3. The Morgan fingerprint density at radius 3 is 2.81 bits per heavy atom. The second kappa shape index (κ2) is 4.65. The Balaban J connectivity index is 2.90. The fraction of sp³-hybridized carbons (Fsp3) is 0.636. The fourth-order valence-electron chi connectivity index (χ4n) is 1.67. The first-order valence-electron chi connectivity index (χ1n) is 5.30. The van der Waals surface area contributed by atoms with Crippen molar-refractivity contribution >= 4 is 5.97 Å². The van der Waals surface area contributed by atoms with Gasteiger partial charge in [-0.1, -0.05) is 6.92 Å². The maximum atomic E-state index is 11.5. The molecule has 2 N–H and O–H groups in total. The summed E-state index contributed by atoms with van der Waals surface area (Å²) in [5.41, 5.74) is 5.82. The zero-order chi connectivity index (χ0) is 12.3. The SMILES string of the molecule is CCc1nc(C)cn1CC(C)(N)C(=O)OC. The number of carbonyl (C=O) groups excluding carboxylic acids is 1. The molecule has 1 aromatic heterocycles. The first kappa shape index (κ1) is 12.7. The van der Waals surface area contributed by atoms with Crippen LogP contribution in [0.1, 0.15) is 25.4 Å². The fourth-order valence-corrected chi connectivity index (χ4v) is 1.67. The molecule has 0 saturated carbocycles. The monoisotopic (exact) mass is 225 g/mol. The van der Waals surface area contributed by atoms with E-state index in [-0.39, 0.29) is 0 Å². The van der Waals surface area contributed by atoms with Crippen molar-refractivity contribution in [3.05, 3.63) is 17.7 Å². The molecule has 0 amide bonds. The van der Waals surface area contributed by atoms with Gasteiger partial charge in [0.05, 0.1) is 19.3 Å². The normalized spacial score (nSPS) is 14.6. The number of ether oxygens (including phenoxy) is 1. The van der Waals surface area contributed by atoms with Gasteiger partial charge in [0.1, 0.15) is 11.4 Å². The number of esters is 1. The minimum absolute atomic E-state index is 0.379. The Hall–Kier alpha value is -1.36. The first-order chi connectivity index (χ1) is 7.40. The van der Waals surface area contributed by atoms with Crippen LogP contribution in [0.4, 0.5) is 0 Å². The summed E-state index contributed by atoms with van der Waals surface area (Å²) in [6, 6.07) is 0. The average Bonchev–Trinajstić information content (AvgIpc) is 2.56. The Morgan fingerprint density at radius 2 is 2.31 bits per heavy atom. The zero-order valence-electron chi connectivity index (χ0n) is 10.3. The molecule has 1 heterocycles. The molecule has 16 heavy (non-hydrogen) atoms. The van der Waals surface area contributed by atoms with E-state index in [0.29, 0.717) is 6.54 Å². The van der Waals surface area contributed by atoms with Crippen LogP contribution < -0.4 is 5.73 Å². The minimum atomic E-state index is -1.02. The maximum Gasteiger partial charge on any atom is 0.327 e. The van der Waals surface area contributed by atoms with Gasteiger partial charge in [0.25, 0.3) is 0 Å². The highest BCUT2D eigenvalue weighted by Gasteiger charge is 2.30. The van der Waals surface area contributed by atoms with E-state index < -0.39 is 11.5 Å². The average molecular weight is 225 g/mol. The third-order valence-corrected chi connectivity index (χ3v) is 2.45. The van der Waals surface area contributed by atoms with Crippen molar-refractivity contribution in [2.75, 3.05) is 7.11 Å². The van der Waals surface area contributed by atoms with E-state index in [4.69, 9.17) is 5.73 Å². The lowest BCUT2D eigenvalue weighted by Gasteiger charge is -2.22. The van der Waals surface area contributed by atoms with Gasteiger partial charge in [-0.15, -0.1) is 0 Å². The second-order valence-electron chi connectivity index (χ2n) is 4.19. The van der Waals surface area contributed by atoms with Crippen LogP contribution in [0.2, 0.25) is 0 Å². The molecular formula is C11H19N3O2. The molecule has 0 aliphatic heterocycles. The van der Waals surface area contributed by atoms with Crippen LogP contribution >= 0.6 is 0 Å². The molecule has 5 nitrogen and oxygen atoms in total. The van der Waals surface area contributed by atoms with Gasteiger partial charge in [-0.3, -0.25) is 4.79 Å². The van der Waals surface area contributed by atoms with Gasteiger partial charge in [0, 0.05) is 12.6 Å². The third-order valence-electron chi connectivity index (χ3n) is 2.45. The van der Waals surface area contributed by atoms with E-state index in [1.165, 1.54) is 7.11 Å². The number of carbonyl (C=O) groups is 1. The first-order valence-corrected chi connectivity index (χ1v) is 5.30. The highest BCUT2D eigenvalue weighted by Crippen LogP contribution is 2.11. The van der Waals surface area contributed by atoms with Gasteiger partial charge in [-0.25, -0.2) is 4.98 Å². The molecule has 90 valence electrons. The molecule has 1 unspecified atom stereocenters. The van der Waals surface area contributed by atoms with Crippen molar-refractivity contribution in [1.29, 1.82) is 0 Å². The van der Waals surface area contributed by atoms with Gasteiger partial charge in [-0.05, 0) is 13.8 Å². The van der Waals surface area contributed by atoms with Crippen LogP contribution in [0.5, 0.6) is 0 Å². The number of nitrogens with two attached hydrogens (primary N) is 1. The maximum absolute atomic E-state index is 11.5. The van der Waals surface area contributed by atoms with Crippen LogP contribution in [-0.4, -0.2) is 28.2 Å². The molecule has 0 fully saturated rings. The lowest BCUT2D eigenvalue weighted by molar-refractivity contribution is -0.146. The lowest BCUT2D eigenvalue weighted by atomic mass is 10.0. The highest BCUT2D eigenvalue weighted by atomic mass is 16.5. The molecule has 0 aliphatic rings. The molecule has 0 radical (unpaired) electrons. The predicted octanol–water partition coefficient (Wildman–Crippen LogP) is 0.644. The molecule has 0 saturated heterocycles. The summed E-state index contributed by atoms with van der Waals surface area (Å²) in [6.07, 6.45) is 2.71. The van der Waals surface area contributed by atoms with Crippen molar-refractivity contribution < 1.29 is 9.53 Å². The number of aromatic nitrogens is 2. The summed E-state index contributed by atoms with van der Waals surface area (Å²) in [6.45, 7) is 5.98. The van der Waals surface area contributed by atoms with E-state index in [0.717, 1.165) is 17.9 Å². The number of methoxy groups -OCH3 is 1. The molecule has 1 atom stereocenters. The number of imidazole rings is 1. The summed E-state index contributed by atoms with van der Waals surface area (Å²) in [7, 11) is 1.34. The standard InChI is InChI=1S/C11H19N3O2/c1-5-9-13-8(2)6-14(9)7-11(3,12)10(15)16-4/h6H,5,7,12H2,1-4H3. The molecule has 0 aromatic carbocycles. The largest absolute Gasteiger partial charge is 0.468 e. The van der Waals surface area contributed by atoms with Gasteiger partial charge >= 0.3 is 5.97 Å². The van der Waals surface area contributed by atoms with Crippen LogP contribution in [0, 0.1) is 6.92 Å². The van der Waals surface area contributed by atoms with Crippen LogP contribution in [0.3, 0.4) is 0 Å². The topological polar surface area (TPSA) is 70.1 Å². The molecular weight excluding hydrogens is 206 g/mol. The number of hydrogen-bond acceptors (Lipinski definition) is 4. The lowest BCUT2D eigenvalue weighted by Crippen LogP contribution is -2.49. The van der Waals surface area contributed by atoms with E-state index >= 15 is 0 Å². The minimum Gasteiger partial charge on any atom is -0.468 e. The van der Waals surface area contributed by atoms with Crippen molar-refractivity contribution in [3.63, 3.8) is 0 Å². The number of aryl methyl sites for hydroxylation is 2. The molecule has 0 bridgehead atoms. The summed E-state index contributed by atoms with van der Waals surface area (Å²) < 4.78 is 6.58. The van der Waals surface area contributed by atoms with E-state index in [2.05, 4.69) is 9.72 Å². The Kier molecular flexibility index (Phi) is 3.70. The summed E-state index contributed by atoms with van der Waals surface area (Å²) >= 11 is 0. The van der Waals surface area contributed by atoms with E-state index in [9.17, 15) is 4.79 Å². The molecule has 5 heteroatoms. The van der Waals surface area contributed by atoms with Crippen molar-refractivity contribution in [1.82, 2.24) is 9.55 Å². The van der Waals surface area contributed by atoms with Gasteiger partial charge < -0.3 is 15.0 Å². The molecule has 1 rings (SSSR count). The summed E-state index contributed by atoms with van der Waals surface area (Å²) in [5.74, 6) is 0.513. The van der Waals surface area contributed by atoms with Gasteiger partial charge in [-0.2, -0.15) is 0 Å². The number of rotatable bonds is 4. The van der Waals surface area contributed by atoms with Crippen LogP contribution in [0.25, 0.3) is 0 Å².